The van der Waals surface area contributed by atoms with Gasteiger partial charge in [0.1, 0.15) is 12.1 Å². The van der Waals surface area contributed by atoms with Crippen LogP contribution < -0.4 is 21.3 Å². The quantitative estimate of drug-likeness (QED) is 0.270. The van der Waals surface area contributed by atoms with Gasteiger partial charge in [0, 0.05) is 12.5 Å². The van der Waals surface area contributed by atoms with Crippen molar-refractivity contribution in [2.45, 2.75) is 83.3 Å². The van der Waals surface area contributed by atoms with Gasteiger partial charge in [-0.15, -0.1) is 0 Å². The summed E-state index contributed by atoms with van der Waals surface area (Å²) in [6.07, 6.45) is 5.42. The summed E-state index contributed by atoms with van der Waals surface area (Å²) >= 11 is 0. The maximum absolute atomic E-state index is 13.1. The van der Waals surface area contributed by atoms with Crippen molar-refractivity contribution >= 4 is 23.8 Å². The number of hydrogen-bond acceptors (Lipinski definition) is 5. The van der Waals surface area contributed by atoms with Crippen LogP contribution in [0.2, 0.25) is 0 Å². The molecular weight excluding hydrogens is 416 g/mol. The van der Waals surface area contributed by atoms with E-state index in [4.69, 9.17) is 5.11 Å². The molecule has 0 aromatic heterocycles. The van der Waals surface area contributed by atoms with E-state index in [1.807, 2.05) is 0 Å². The Hall–Kier alpha value is -2.36. The highest BCUT2D eigenvalue weighted by Crippen LogP contribution is 2.27. The van der Waals surface area contributed by atoms with Gasteiger partial charge in [-0.2, -0.15) is 0 Å². The fourth-order valence-corrected chi connectivity index (χ4v) is 4.61. The average molecular weight is 455 g/mol. The maximum atomic E-state index is 13.1. The lowest BCUT2D eigenvalue weighted by atomic mass is 9.84. The molecule has 1 saturated heterocycles. The van der Waals surface area contributed by atoms with E-state index in [1.165, 1.54) is 0 Å². The van der Waals surface area contributed by atoms with Crippen LogP contribution in [-0.2, 0) is 14.4 Å². The fraction of sp³-hybridized carbons (Fsp3) is 0.818. The summed E-state index contributed by atoms with van der Waals surface area (Å²) in [4.78, 5) is 48.9. The summed E-state index contributed by atoms with van der Waals surface area (Å²) in [5.41, 5.74) is 0. The lowest BCUT2D eigenvalue weighted by Crippen LogP contribution is -2.57. The minimum atomic E-state index is -1.30. The van der Waals surface area contributed by atoms with E-state index in [-0.39, 0.29) is 30.3 Å². The van der Waals surface area contributed by atoms with Crippen molar-refractivity contribution in [3.05, 3.63) is 0 Å². The van der Waals surface area contributed by atoms with E-state index in [9.17, 15) is 24.3 Å². The molecule has 2 aliphatic rings. The number of aliphatic hydroxyl groups excluding tert-OH is 1. The SMILES string of the molecule is CC(C)C(NC(=O)O)C(=O)NC(CC1CCCCC1)C(=O)NC(CO)C[C@@H]1CCNC1=O. The Morgan fingerprint density at radius 3 is 2.22 bits per heavy atom. The molecule has 0 bridgehead atoms. The Morgan fingerprint density at radius 2 is 1.69 bits per heavy atom. The number of hydrogen-bond donors (Lipinski definition) is 6. The second kappa shape index (κ2) is 12.6. The summed E-state index contributed by atoms with van der Waals surface area (Å²) in [7, 11) is 0. The van der Waals surface area contributed by atoms with Crippen molar-refractivity contribution in [2.24, 2.45) is 17.8 Å². The molecule has 10 nitrogen and oxygen atoms in total. The zero-order valence-corrected chi connectivity index (χ0v) is 19.1. The van der Waals surface area contributed by atoms with Crippen molar-refractivity contribution < 1.29 is 29.4 Å². The molecule has 0 radical (unpaired) electrons. The molecule has 3 unspecified atom stereocenters. The lowest BCUT2D eigenvalue weighted by molar-refractivity contribution is -0.131. The molecule has 1 aliphatic carbocycles. The Morgan fingerprint density at radius 1 is 1.00 bits per heavy atom. The number of rotatable bonds is 11. The molecule has 0 aromatic carbocycles. The van der Waals surface area contributed by atoms with Crippen molar-refractivity contribution in [3.63, 3.8) is 0 Å². The van der Waals surface area contributed by atoms with Gasteiger partial charge in [0.2, 0.25) is 17.7 Å². The summed E-state index contributed by atoms with van der Waals surface area (Å²) < 4.78 is 0. The number of carboxylic acid groups (broad SMARTS) is 1. The van der Waals surface area contributed by atoms with Gasteiger partial charge < -0.3 is 31.5 Å². The third-order valence-corrected chi connectivity index (χ3v) is 6.45. The minimum absolute atomic E-state index is 0.0794. The minimum Gasteiger partial charge on any atom is -0.465 e. The Labute approximate surface area is 189 Å². The number of nitrogens with one attached hydrogen (secondary N) is 4. The van der Waals surface area contributed by atoms with Crippen LogP contribution in [0.25, 0.3) is 0 Å². The highest BCUT2D eigenvalue weighted by atomic mass is 16.4. The second-order valence-electron chi connectivity index (χ2n) is 9.37. The Balaban J connectivity index is 2.07. The van der Waals surface area contributed by atoms with Crippen LogP contribution in [0.15, 0.2) is 0 Å². The standard InChI is InChI=1S/C22H38N4O6/c1-13(2)18(26-22(31)32)21(30)25-17(10-14-6-4-3-5-7-14)20(29)24-16(12-27)11-15-8-9-23-19(15)28/h13-18,26-27H,3-12H2,1-2H3,(H,23,28)(H,24,29)(H,25,30)(H,31,32)/t15-,16?,17?,18?/m0/s1. The molecular formula is C22H38N4O6. The second-order valence-corrected chi connectivity index (χ2v) is 9.37. The molecule has 2 rings (SSSR count). The smallest absolute Gasteiger partial charge is 0.405 e. The third kappa shape index (κ3) is 7.96. The van der Waals surface area contributed by atoms with Crippen LogP contribution in [0.4, 0.5) is 4.79 Å². The number of carbonyl (C=O) groups excluding carboxylic acids is 3. The molecule has 1 aliphatic heterocycles. The molecule has 6 N–H and O–H groups in total. The van der Waals surface area contributed by atoms with Crippen LogP contribution in [0.3, 0.4) is 0 Å². The highest BCUT2D eigenvalue weighted by Gasteiger charge is 2.33. The molecule has 1 heterocycles. The zero-order chi connectivity index (χ0) is 23.7. The van der Waals surface area contributed by atoms with Crippen molar-refractivity contribution in [3.8, 4) is 0 Å². The van der Waals surface area contributed by atoms with Crippen LogP contribution in [-0.4, -0.2) is 65.3 Å². The predicted octanol–water partition coefficient (Wildman–Crippen LogP) is 0.737. The first kappa shape index (κ1) is 25.9. The Kier molecular flexibility index (Phi) is 10.2. The molecule has 32 heavy (non-hydrogen) atoms. The monoisotopic (exact) mass is 454 g/mol. The van der Waals surface area contributed by atoms with Gasteiger partial charge in [0.15, 0.2) is 0 Å². The molecule has 0 aromatic rings. The first-order chi connectivity index (χ1) is 15.2. The van der Waals surface area contributed by atoms with E-state index in [0.29, 0.717) is 25.8 Å². The number of aliphatic hydroxyl groups is 1. The highest BCUT2D eigenvalue weighted by molar-refractivity contribution is 5.91. The average Bonchev–Trinajstić information content (AvgIpc) is 3.15. The van der Waals surface area contributed by atoms with Crippen LogP contribution in [0.1, 0.15) is 65.2 Å². The van der Waals surface area contributed by atoms with Crippen LogP contribution in [0.5, 0.6) is 0 Å². The van der Waals surface area contributed by atoms with Gasteiger partial charge >= 0.3 is 6.09 Å². The number of amides is 4. The van der Waals surface area contributed by atoms with Crippen molar-refractivity contribution in [1.29, 1.82) is 0 Å². The van der Waals surface area contributed by atoms with E-state index < -0.39 is 36.0 Å². The fourth-order valence-electron chi connectivity index (χ4n) is 4.61. The summed E-state index contributed by atoms with van der Waals surface area (Å²) in [5, 5.41) is 29.3. The summed E-state index contributed by atoms with van der Waals surface area (Å²) in [6.45, 7) is 3.73. The van der Waals surface area contributed by atoms with Gasteiger partial charge in [-0.05, 0) is 31.1 Å². The van der Waals surface area contributed by atoms with Crippen molar-refractivity contribution in [1.82, 2.24) is 21.3 Å². The number of carbonyl (C=O) groups is 4. The van der Waals surface area contributed by atoms with E-state index in [0.717, 1.165) is 32.1 Å². The molecule has 4 atom stereocenters. The summed E-state index contributed by atoms with van der Waals surface area (Å²) in [6, 6.07) is -2.42. The zero-order valence-electron chi connectivity index (χ0n) is 19.1. The molecule has 4 amide bonds. The molecule has 182 valence electrons. The van der Waals surface area contributed by atoms with E-state index >= 15 is 0 Å². The molecule has 0 spiro atoms. The topological polar surface area (TPSA) is 157 Å². The maximum Gasteiger partial charge on any atom is 0.405 e. The van der Waals surface area contributed by atoms with Gasteiger partial charge in [0.05, 0.1) is 12.6 Å². The normalized spacial score (nSPS) is 22.0. The van der Waals surface area contributed by atoms with E-state index in [1.54, 1.807) is 13.8 Å². The first-order valence-electron chi connectivity index (χ1n) is 11.7. The van der Waals surface area contributed by atoms with Crippen molar-refractivity contribution in [2.75, 3.05) is 13.2 Å². The van der Waals surface area contributed by atoms with Gasteiger partial charge in [-0.25, -0.2) is 4.79 Å². The Bertz CT molecular complexity index is 665. The molecule has 10 heteroatoms. The van der Waals surface area contributed by atoms with E-state index in [2.05, 4.69) is 21.3 Å². The van der Waals surface area contributed by atoms with Crippen LogP contribution in [0, 0.1) is 17.8 Å². The molecule has 1 saturated carbocycles. The third-order valence-electron chi connectivity index (χ3n) is 6.45. The van der Waals surface area contributed by atoms with Crippen LogP contribution >= 0.6 is 0 Å². The van der Waals surface area contributed by atoms with Gasteiger partial charge in [-0.1, -0.05) is 46.0 Å². The van der Waals surface area contributed by atoms with Gasteiger partial charge in [-0.3, -0.25) is 14.4 Å². The first-order valence-corrected chi connectivity index (χ1v) is 11.7. The predicted molar refractivity (Wildman–Crippen MR) is 118 cm³/mol. The largest absolute Gasteiger partial charge is 0.465 e. The molecule has 2 fully saturated rings. The van der Waals surface area contributed by atoms with Gasteiger partial charge in [0.25, 0.3) is 0 Å². The lowest BCUT2D eigenvalue weighted by Gasteiger charge is -2.30. The summed E-state index contributed by atoms with van der Waals surface area (Å²) in [5.74, 6) is -1.31.